The number of rotatable bonds is 9. The summed E-state index contributed by atoms with van der Waals surface area (Å²) in [4.78, 5) is 43.0. The highest BCUT2D eigenvalue weighted by Gasteiger charge is 2.43. The molecule has 3 aliphatic rings. The average molecular weight is 642 g/mol. The van der Waals surface area contributed by atoms with Crippen LogP contribution in [0.3, 0.4) is 0 Å². The third-order valence-electron chi connectivity index (χ3n) is 8.71. The Balaban J connectivity index is 0.00000109. The van der Waals surface area contributed by atoms with E-state index in [0.717, 1.165) is 19.4 Å². The summed E-state index contributed by atoms with van der Waals surface area (Å²) in [7, 11) is -1.53. The summed E-state index contributed by atoms with van der Waals surface area (Å²) in [5, 5.41) is 0.623. The van der Waals surface area contributed by atoms with E-state index < -0.39 is 25.3 Å². The molecule has 12 heteroatoms. The Labute approximate surface area is 267 Å². The van der Waals surface area contributed by atoms with Crippen LogP contribution in [0.1, 0.15) is 77.3 Å². The van der Waals surface area contributed by atoms with Gasteiger partial charge in [-0.1, -0.05) is 62.7 Å². The molecule has 3 aliphatic heterocycles. The minimum absolute atomic E-state index is 0. The molecule has 2 aromatic carbocycles. The number of hydrogen-bond acceptors (Lipinski definition) is 5. The number of allylic oxidation sites excluding steroid dienone is 4. The van der Waals surface area contributed by atoms with Crippen molar-refractivity contribution >= 4 is 42.4 Å². The third kappa shape index (κ3) is 7.59. The molecule has 0 radical (unpaired) electrons. The van der Waals surface area contributed by atoms with Gasteiger partial charge in [-0.15, -0.1) is 5.06 Å². The van der Waals surface area contributed by atoms with E-state index in [1.54, 1.807) is 0 Å². The molecule has 0 bridgehead atoms. The smallest absolute Gasteiger partial charge is 0.762 e. The van der Waals surface area contributed by atoms with Crippen molar-refractivity contribution in [2.75, 3.05) is 18.5 Å². The number of amides is 2. The van der Waals surface area contributed by atoms with Gasteiger partial charge in [-0.05, 0) is 44.4 Å². The zero-order valence-electron chi connectivity index (χ0n) is 26.9. The normalized spacial score (nSPS) is 18.4. The van der Waals surface area contributed by atoms with Gasteiger partial charge >= 0.3 is 13.5 Å². The first-order valence-electron chi connectivity index (χ1n) is 15.2. The van der Waals surface area contributed by atoms with E-state index >= 15 is 0 Å². The number of fused-ring (bicyclic) bond motifs is 2. The van der Waals surface area contributed by atoms with Crippen molar-refractivity contribution in [3.63, 3.8) is 0 Å². The van der Waals surface area contributed by atoms with Crippen LogP contribution in [0.25, 0.3) is 0 Å². The lowest BCUT2D eigenvalue weighted by molar-refractivity contribution is -0.401. The van der Waals surface area contributed by atoms with Crippen LogP contribution in [0.5, 0.6) is 0 Å². The van der Waals surface area contributed by atoms with Gasteiger partial charge in [0.2, 0.25) is 5.69 Å². The molecule has 246 valence electrons. The number of hydroxylamine groups is 2. The quantitative estimate of drug-likeness (QED) is 0.136. The van der Waals surface area contributed by atoms with E-state index in [0.29, 0.717) is 11.5 Å². The number of imide groups is 1. The summed E-state index contributed by atoms with van der Waals surface area (Å²) in [5.74, 6) is -1.43. The standard InChI is InChI=1S/C34H40N3O4.BF3.FH/c1-33(2)24-14-8-10-16-26(24)35(5)28(33)18-13-19-29-34(3,4)25-15-9-11-17-27(25)36(29)23-12-6-7-20-32(40)41-37-30(38)21-22-31(37)39;2-1(3)4;/h8-11,13-19H,6-7,12,20-23H2,1-5H3;;1H/q+1;;/p-1. The molecule has 0 aromatic heterocycles. The summed E-state index contributed by atoms with van der Waals surface area (Å²) in [6.07, 6.45) is 9.41. The maximum absolute atomic E-state index is 12.2. The van der Waals surface area contributed by atoms with Crippen LogP contribution in [0.2, 0.25) is 0 Å². The van der Waals surface area contributed by atoms with Crippen molar-refractivity contribution in [2.45, 2.75) is 77.0 Å². The molecule has 3 heterocycles. The molecule has 7 nitrogen and oxygen atoms in total. The number of nitrogens with zero attached hydrogens (tertiary/aromatic N) is 3. The maximum atomic E-state index is 12.2. The Kier molecular flexibility index (Phi) is 11.8. The van der Waals surface area contributed by atoms with Crippen LogP contribution < -0.4 is 9.60 Å². The highest BCUT2D eigenvalue weighted by Crippen LogP contribution is 2.47. The first-order valence-corrected chi connectivity index (χ1v) is 15.2. The molecule has 2 aromatic rings. The number of hydrogen-bond donors (Lipinski definition) is 0. The number of carbonyl (C=O) groups is 3. The van der Waals surface area contributed by atoms with Gasteiger partial charge in [0, 0.05) is 60.3 Å². The Bertz CT molecular complexity index is 1540. The first kappa shape index (κ1) is 36.3. The van der Waals surface area contributed by atoms with Crippen LogP contribution in [0.15, 0.2) is 72.5 Å². The second kappa shape index (κ2) is 14.9. The van der Waals surface area contributed by atoms with E-state index in [-0.39, 0.29) is 34.8 Å². The lowest BCUT2D eigenvalue weighted by Crippen LogP contribution is -3.00. The molecule has 1 saturated heterocycles. The van der Waals surface area contributed by atoms with E-state index in [1.165, 1.54) is 33.9 Å². The number of unbranched alkanes of at least 4 members (excludes halogenated alkanes) is 2. The molecular weight excluding hydrogens is 601 g/mol. The zero-order valence-corrected chi connectivity index (χ0v) is 26.9. The van der Waals surface area contributed by atoms with Gasteiger partial charge in [-0.2, -0.15) is 4.58 Å². The molecule has 0 unspecified atom stereocenters. The molecule has 1 fully saturated rings. The molecule has 0 atom stereocenters. The van der Waals surface area contributed by atoms with Crippen molar-refractivity contribution in [1.29, 1.82) is 0 Å². The van der Waals surface area contributed by atoms with Crippen LogP contribution in [-0.4, -0.2) is 54.3 Å². The van der Waals surface area contributed by atoms with Gasteiger partial charge in [0.25, 0.3) is 11.8 Å². The number of carbonyl (C=O) groups excluding carboxylic acids is 3. The van der Waals surface area contributed by atoms with E-state index in [9.17, 15) is 27.3 Å². The lowest BCUT2D eigenvalue weighted by Gasteiger charge is -2.27. The highest BCUT2D eigenvalue weighted by molar-refractivity contribution is 6.33. The third-order valence-corrected chi connectivity index (χ3v) is 8.71. The number of para-hydroxylation sites is 2. The van der Waals surface area contributed by atoms with Gasteiger partial charge in [-0.25, -0.2) is 4.79 Å². The minimum atomic E-state index is -3.67. The number of anilines is 1. The van der Waals surface area contributed by atoms with Crippen molar-refractivity contribution in [3.05, 3.63) is 83.6 Å². The fourth-order valence-electron chi connectivity index (χ4n) is 6.44. The molecule has 5 rings (SSSR count). The summed E-state index contributed by atoms with van der Waals surface area (Å²) in [6.45, 7) is 9.93. The minimum Gasteiger partial charge on any atom is -1.00 e. The fraction of sp³-hybridized carbons (Fsp3) is 0.412. The van der Waals surface area contributed by atoms with Gasteiger partial charge in [0.1, 0.15) is 7.05 Å². The summed E-state index contributed by atoms with van der Waals surface area (Å²) in [6, 6.07) is 17.2. The Morgan fingerprint density at radius 3 is 2.13 bits per heavy atom. The number of halogens is 4. The molecule has 0 N–H and O–H groups in total. The summed E-state index contributed by atoms with van der Waals surface area (Å²) in [5.41, 5.74) is 7.41. The Morgan fingerprint density at radius 2 is 1.50 bits per heavy atom. The SMILES string of the molecule is C[N+]1=C(C=CC=C2N(CCCCCC(=O)ON3C(=O)CCC3=O)c3ccccc3C2(C)C)C(C)(C)c2ccccc21.FB(F)F.[F-]. The van der Waals surface area contributed by atoms with Crippen molar-refractivity contribution in [3.8, 4) is 0 Å². The predicted octanol–water partition coefficient (Wildman–Crippen LogP) is 3.98. The summed E-state index contributed by atoms with van der Waals surface area (Å²) >= 11 is 0. The second-order valence-electron chi connectivity index (χ2n) is 12.4. The largest absolute Gasteiger partial charge is 1.00 e. The highest BCUT2D eigenvalue weighted by atomic mass is 19.4. The topological polar surface area (TPSA) is 69.9 Å². The van der Waals surface area contributed by atoms with Crippen LogP contribution >= 0.6 is 0 Å². The molecule has 46 heavy (non-hydrogen) atoms. The molecule has 0 saturated carbocycles. The van der Waals surface area contributed by atoms with Gasteiger partial charge in [-0.3, -0.25) is 22.5 Å². The van der Waals surface area contributed by atoms with Crippen LogP contribution in [0, 0.1) is 0 Å². The van der Waals surface area contributed by atoms with E-state index in [2.05, 4.69) is 111 Å². The van der Waals surface area contributed by atoms with Gasteiger partial charge < -0.3 is 14.4 Å². The molecular formula is C34H40BF4N3O4. The van der Waals surface area contributed by atoms with Crippen LogP contribution in [0.4, 0.5) is 24.3 Å². The second-order valence-corrected chi connectivity index (χ2v) is 12.4. The molecule has 2 amide bonds. The fourth-order valence-corrected chi connectivity index (χ4v) is 6.44. The monoisotopic (exact) mass is 641 g/mol. The Morgan fingerprint density at radius 1 is 0.913 bits per heavy atom. The molecule has 0 aliphatic carbocycles. The average Bonchev–Trinajstić information content (AvgIpc) is 3.49. The van der Waals surface area contributed by atoms with Crippen molar-refractivity contribution in [2.24, 2.45) is 0 Å². The van der Waals surface area contributed by atoms with Crippen molar-refractivity contribution in [1.82, 2.24) is 5.06 Å². The first-order chi connectivity index (χ1) is 21.3. The predicted molar refractivity (Wildman–Crippen MR) is 169 cm³/mol. The van der Waals surface area contributed by atoms with E-state index in [1.807, 2.05) is 0 Å². The maximum Gasteiger partial charge on any atom is 0.762 e. The van der Waals surface area contributed by atoms with Crippen LogP contribution in [-0.2, 0) is 30.1 Å². The Hall–Kier alpha value is -4.22. The van der Waals surface area contributed by atoms with Gasteiger partial charge in [0.05, 0.1) is 5.41 Å². The molecule has 0 spiro atoms. The van der Waals surface area contributed by atoms with Gasteiger partial charge in [0.15, 0.2) is 5.71 Å². The van der Waals surface area contributed by atoms with E-state index in [4.69, 9.17) is 4.84 Å². The summed E-state index contributed by atoms with van der Waals surface area (Å²) < 4.78 is 31.3. The van der Waals surface area contributed by atoms with Crippen molar-refractivity contribution < 1.29 is 41.4 Å². The number of benzene rings is 2. The lowest BCUT2D eigenvalue weighted by atomic mass is 9.81. The zero-order chi connectivity index (χ0) is 32.9.